The molecule has 22 heavy (non-hydrogen) atoms. The highest BCUT2D eigenvalue weighted by molar-refractivity contribution is 9.10. The van der Waals surface area contributed by atoms with Crippen LogP contribution in [0.15, 0.2) is 28.7 Å². The first-order valence-electron chi connectivity index (χ1n) is 7.43. The molecule has 2 unspecified atom stereocenters. The molecule has 6 heteroatoms. The third-order valence-electron chi connectivity index (χ3n) is 3.80. The van der Waals surface area contributed by atoms with E-state index >= 15 is 0 Å². The molecule has 1 amide bonds. The second-order valence-electron chi connectivity index (χ2n) is 5.45. The minimum atomic E-state index is -0.366. The van der Waals surface area contributed by atoms with Gasteiger partial charge in [-0.05, 0) is 37.1 Å². The predicted molar refractivity (Wildman–Crippen MR) is 87.3 cm³/mol. The highest BCUT2D eigenvalue weighted by Gasteiger charge is 2.22. The van der Waals surface area contributed by atoms with Crippen LogP contribution in [0.2, 0.25) is 0 Å². The van der Waals surface area contributed by atoms with E-state index in [2.05, 4.69) is 26.6 Å². The summed E-state index contributed by atoms with van der Waals surface area (Å²) in [7, 11) is 1.35. The van der Waals surface area contributed by atoms with Gasteiger partial charge in [0.05, 0.1) is 19.6 Å². The van der Waals surface area contributed by atoms with E-state index in [0.717, 1.165) is 29.4 Å². The highest BCUT2D eigenvalue weighted by Crippen LogP contribution is 2.21. The number of carbonyl (C=O) groups excluding carboxylic acids is 2. The summed E-state index contributed by atoms with van der Waals surface area (Å²) in [6.07, 6.45) is 2.69. The average Bonchev–Trinajstić information content (AvgIpc) is 3.00. The second-order valence-corrected chi connectivity index (χ2v) is 6.36. The second kappa shape index (κ2) is 8.29. The van der Waals surface area contributed by atoms with Crippen LogP contribution in [0.25, 0.3) is 0 Å². The van der Waals surface area contributed by atoms with Crippen molar-refractivity contribution in [3.63, 3.8) is 0 Å². The third kappa shape index (κ3) is 5.10. The Bertz CT molecular complexity index is 513. The smallest absolute Gasteiger partial charge is 0.307 e. The fraction of sp³-hybridized carbons (Fsp3) is 0.500. The zero-order chi connectivity index (χ0) is 15.9. The molecular formula is C16H21BrN2O3. The van der Waals surface area contributed by atoms with Gasteiger partial charge in [0.25, 0.3) is 0 Å². The van der Waals surface area contributed by atoms with Crippen molar-refractivity contribution in [1.29, 1.82) is 0 Å². The Morgan fingerprint density at radius 3 is 2.73 bits per heavy atom. The Balaban J connectivity index is 2.01. The maximum atomic E-state index is 12.2. The zero-order valence-corrected chi connectivity index (χ0v) is 14.2. The maximum Gasteiger partial charge on any atom is 0.307 e. The van der Waals surface area contributed by atoms with Gasteiger partial charge in [0.1, 0.15) is 0 Å². The van der Waals surface area contributed by atoms with Crippen molar-refractivity contribution >= 4 is 27.8 Å². The van der Waals surface area contributed by atoms with Crippen LogP contribution in [-0.2, 0) is 14.3 Å². The van der Waals surface area contributed by atoms with E-state index in [1.807, 2.05) is 24.3 Å². The topological polar surface area (TPSA) is 67.4 Å². The summed E-state index contributed by atoms with van der Waals surface area (Å²) in [6, 6.07) is 7.45. The lowest BCUT2D eigenvalue weighted by Gasteiger charge is -2.19. The fourth-order valence-corrected chi connectivity index (χ4v) is 2.87. The molecule has 0 aromatic heterocycles. The van der Waals surface area contributed by atoms with E-state index in [9.17, 15) is 9.59 Å². The first kappa shape index (κ1) is 17.0. The van der Waals surface area contributed by atoms with Gasteiger partial charge in [-0.1, -0.05) is 28.1 Å². The van der Waals surface area contributed by atoms with E-state index in [0.29, 0.717) is 6.42 Å². The van der Waals surface area contributed by atoms with Crippen LogP contribution < -0.4 is 10.6 Å². The van der Waals surface area contributed by atoms with Crippen molar-refractivity contribution in [2.24, 2.45) is 0 Å². The van der Waals surface area contributed by atoms with Crippen LogP contribution in [0.5, 0.6) is 0 Å². The SMILES string of the molecule is COC(=O)CC(NC(=O)CC1CCCN1)c1ccc(Br)cc1. The molecule has 1 aliphatic heterocycles. The molecule has 0 aliphatic carbocycles. The number of esters is 1. The first-order chi connectivity index (χ1) is 10.6. The van der Waals surface area contributed by atoms with Crippen LogP contribution >= 0.6 is 15.9 Å². The van der Waals surface area contributed by atoms with Crippen molar-refractivity contribution < 1.29 is 14.3 Å². The van der Waals surface area contributed by atoms with E-state index in [-0.39, 0.29) is 30.4 Å². The van der Waals surface area contributed by atoms with Crippen LogP contribution in [0.3, 0.4) is 0 Å². The Hall–Kier alpha value is -1.40. The molecule has 1 fully saturated rings. The molecule has 1 aromatic rings. The molecule has 0 radical (unpaired) electrons. The van der Waals surface area contributed by atoms with Crippen molar-refractivity contribution in [3.05, 3.63) is 34.3 Å². The number of halogens is 1. The summed E-state index contributed by atoms with van der Waals surface area (Å²) < 4.78 is 5.68. The predicted octanol–water partition coefficient (Wildman–Crippen LogP) is 2.31. The lowest BCUT2D eigenvalue weighted by atomic mass is 10.0. The van der Waals surface area contributed by atoms with Gasteiger partial charge in [0.15, 0.2) is 0 Å². The molecule has 0 spiro atoms. The number of nitrogens with one attached hydrogen (secondary N) is 2. The minimum absolute atomic E-state index is 0.0452. The molecule has 2 atom stereocenters. The number of benzene rings is 1. The summed E-state index contributed by atoms with van der Waals surface area (Å²) in [5.74, 6) is -0.386. The molecule has 1 saturated heterocycles. The summed E-state index contributed by atoms with van der Waals surface area (Å²) in [6.45, 7) is 0.969. The van der Waals surface area contributed by atoms with E-state index < -0.39 is 0 Å². The molecule has 120 valence electrons. The quantitative estimate of drug-likeness (QED) is 0.756. The summed E-state index contributed by atoms with van der Waals surface area (Å²) in [4.78, 5) is 23.8. The molecule has 1 heterocycles. The molecule has 2 rings (SSSR count). The van der Waals surface area contributed by atoms with Gasteiger partial charge in [0.2, 0.25) is 5.91 Å². The Morgan fingerprint density at radius 2 is 2.14 bits per heavy atom. The summed E-state index contributed by atoms with van der Waals surface area (Å²) in [5.41, 5.74) is 0.890. The number of methoxy groups -OCH3 is 1. The number of amides is 1. The van der Waals surface area contributed by atoms with Crippen LogP contribution in [-0.4, -0.2) is 31.6 Å². The number of hydrogen-bond acceptors (Lipinski definition) is 4. The summed E-state index contributed by atoms with van der Waals surface area (Å²) >= 11 is 3.38. The first-order valence-corrected chi connectivity index (χ1v) is 8.23. The minimum Gasteiger partial charge on any atom is -0.469 e. The van der Waals surface area contributed by atoms with E-state index in [1.54, 1.807) is 0 Å². The maximum absolute atomic E-state index is 12.2. The number of hydrogen-bond donors (Lipinski definition) is 2. The molecule has 0 bridgehead atoms. The van der Waals surface area contributed by atoms with Gasteiger partial charge in [-0.15, -0.1) is 0 Å². The Morgan fingerprint density at radius 1 is 1.41 bits per heavy atom. The Kier molecular flexibility index (Phi) is 6.39. The molecule has 5 nitrogen and oxygen atoms in total. The fourth-order valence-electron chi connectivity index (χ4n) is 2.61. The van der Waals surface area contributed by atoms with Gasteiger partial charge in [-0.3, -0.25) is 9.59 Å². The van der Waals surface area contributed by atoms with Crippen molar-refractivity contribution in [2.45, 2.75) is 37.8 Å². The third-order valence-corrected chi connectivity index (χ3v) is 4.33. The van der Waals surface area contributed by atoms with Crippen LogP contribution in [0.4, 0.5) is 0 Å². The van der Waals surface area contributed by atoms with Crippen LogP contribution in [0, 0.1) is 0 Å². The van der Waals surface area contributed by atoms with Crippen molar-refractivity contribution in [2.75, 3.05) is 13.7 Å². The van der Waals surface area contributed by atoms with Gasteiger partial charge < -0.3 is 15.4 Å². The molecular weight excluding hydrogens is 348 g/mol. The molecule has 1 aromatic carbocycles. The summed E-state index contributed by atoms with van der Waals surface area (Å²) in [5, 5.41) is 6.25. The van der Waals surface area contributed by atoms with Crippen LogP contribution in [0.1, 0.15) is 37.3 Å². The molecule has 2 N–H and O–H groups in total. The highest BCUT2D eigenvalue weighted by atomic mass is 79.9. The van der Waals surface area contributed by atoms with Gasteiger partial charge in [-0.2, -0.15) is 0 Å². The monoisotopic (exact) mass is 368 g/mol. The zero-order valence-electron chi connectivity index (χ0n) is 12.6. The Labute approximate surface area is 138 Å². The standard InChI is InChI=1S/C16H21BrN2O3/c1-22-16(21)10-14(11-4-6-12(17)7-5-11)19-15(20)9-13-3-2-8-18-13/h4-7,13-14,18H,2-3,8-10H2,1H3,(H,19,20). The normalized spacial score (nSPS) is 18.7. The molecule has 1 aliphatic rings. The molecule has 0 saturated carbocycles. The number of ether oxygens (including phenoxy) is 1. The van der Waals surface area contributed by atoms with Gasteiger partial charge >= 0.3 is 5.97 Å². The lowest BCUT2D eigenvalue weighted by molar-refractivity contribution is -0.141. The van der Waals surface area contributed by atoms with E-state index in [1.165, 1.54) is 7.11 Å². The number of rotatable bonds is 6. The average molecular weight is 369 g/mol. The van der Waals surface area contributed by atoms with Gasteiger partial charge in [0, 0.05) is 16.9 Å². The van der Waals surface area contributed by atoms with E-state index in [4.69, 9.17) is 4.74 Å². The lowest BCUT2D eigenvalue weighted by Crippen LogP contribution is -2.35. The van der Waals surface area contributed by atoms with Crippen molar-refractivity contribution in [3.8, 4) is 0 Å². The number of carbonyl (C=O) groups is 2. The van der Waals surface area contributed by atoms with Crippen molar-refractivity contribution in [1.82, 2.24) is 10.6 Å². The largest absolute Gasteiger partial charge is 0.469 e. The van der Waals surface area contributed by atoms with Gasteiger partial charge in [-0.25, -0.2) is 0 Å².